The van der Waals surface area contributed by atoms with Gasteiger partial charge in [0, 0.05) is 35.3 Å². The monoisotopic (exact) mass is 279 g/mol. The van der Waals surface area contributed by atoms with E-state index >= 15 is 0 Å². The maximum absolute atomic E-state index is 11.1. The minimum atomic E-state index is -2.97. The van der Waals surface area contributed by atoms with Gasteiger partial charge in [0.15, 0.2) is 0 Å². The van der Waals surface area contributed by atoms with E-state index in [4.69, 9.17) is 5.73 Å². The molecule has 0 spiro atoms. The molecule has 19 heavy (non-hydrogen) atoms. The Hall–Kier alpha value is -1.82. The molecule has 1 aromatic carbocycles. The molecule has 1 heterocycles. The number of fused-ring (bicyclic) bond motifs is 1. The Bertz CT molecular complexity index is 711. The summed E-state index contributed by atoms with van der Waals surface area (Å²) in [7, 11) is -2.97. The molecule has 0 fully saturated rings. The van der Waals surface area contributed by atoms with E-state index in [9.17, 15) is 8.42 Å². The summed E-state index contributed by atoms with van der Waals surface area (Å²) in [4.78, 5) is 4.42. The van der Waals surface area contributed by atoms with E-state index in [1.165, 1.54) is 6.26 Å². The molecular weight excluding hydrogens is 262 g/mol. The number of anilines is 2. The van der Waals surface area contributed by atoms with Crippen molar-refractivity contribution in [1.29, 1.82) is 0 Å². The maximum atomic E-state index is 11.1. The smallest absolute Gasteiger partial charge is 0.149 e. The zero-order chi connectivity index (χ0) is 14.0. The fourth-order valence-electron chi connectivity index (χ4n) is 1.89. The van der Waals surface area contributed by atoms with Crippen molar-refractivity contribution in [3.05, 3.63) is 30.0 Å². The van der Waals surface area contributed by atoms with Crippen LogP contribution in [0.1, 0.15) is 5.69 Å². The zero-order valence-electron chi connectivity index (χ0n) is 11.0. The first-order chi connectivity index (χ1) is 8.85. The van der Waals surface area contributed by atoms with Gasteiger partial charge in [0.1, 0.15) is 9.84 Å². The van der Waals surface area contributed by atoms with Crippen molar-refractivity contribution in [3.8, 4) is 0 Å². The lowest BCUT2D eigenvalue weighted by atomic mass is 10.1. The summed E-state index contributed by atoms with van der Waals surface area (Å²) in [5, 5.41) is 4.04. The molecule has 0 saturated carbocycles. The van der Waals surface area contributed by atoms with E-state index < -0.39 is 9.84 Å². The van der Waals surface area contributed by atoms with Crippen molar-refractivity contribution in [2.24, 2.45) is 0 Å². The molecule has 2 rings (SSSR count). The summed E-state index contributed by atoms with van der Waals surface area (Å²) in [5.74, 6) is 0.0954. The highest BCUT2D eigenvalue weighted by Crippen LogP contribution is 2.25. The van der Waals surface area contributed by atoms with Crippen LogP contribution in [-0.4, -0.2) is 32.0 Å². The fourth-order valence-corrected chi connectivity index (χ4v) is 2.37. The molecule has 0 aliphatic rings. The quantitative estimate of drug-likeness (QED) is 0.830. The highest BCUT2D eigenvalue weighted by molar-refractivity contribution is 7.90. The molecular formula is C13H17N3O2S. The van der Waals surface area contributed by atoms with Crippen LogP contribution in [0.25, 0.3) is 10.9 Å². The van der Waals surface area contributed by atoms with Crippen molar-refractivity contribution in [1.82, 2.24) is 4.98 Å². The molecule has 1 aromatic heterocycles. The third-order valence-corrected chi connectivity index (χ3v) is 3.69. The molecule has 0 atom stereocenters. The van der Waals surface area contributed by atoms with Gasteiger partial charge >= 0.3 is 0 Å². The number of hydrogen-bond donors (Lipinski definition) is 2. The Labute approximate surface area is 112 Å². The Balaban J connectivity index is 2.33. The van der Waals surface area contributed by atoms with Gasteiger partial charge in [-0.2, -0.15) is 0 Å². The van der Waals surface area contributed by atoms with Gasteiger partial charge in [-0.25, -0.2) is 8.42 Å². The Kier molecular flexibility index (Phi) is 3.61. The van der Waals surface area contributed by atoms with Crippen LogP contribution in [-0.2, 0) is 9.84 Å². The number of pyridine rings is 1. The number of sulfone groups is 1. The van der Waals surface area contributed by atoms with Gasteiger partial charge in [0.05, 0.1) is 11.3 Å². The number of nitrogens with zero attached hydrogens (tertiary/aromatic N) is 1. The molecule has 0 aliphatic heterocycles. The van der Waals surface area contributed by atoms with E-state index in [0.29, 0.717) is 12.2 Å². The van der Waals surface area contributed by atoms with E-state index in [0.717, 1.165) is 22.3 Å². The summed E-state index contributed by atoms with van der Waals surface area (Å²) >= 11 is 0. The molecule has 0 radical (unpaired) electrons. The molecule has 0 saturated heterocycles. The van der Waals surface area contributed by atoms with E-state index in [2.05, 4.69) is 10.3 Å². The van der Waals surface area contributed by atoms with Crippen LogP contribution in [0.15, 0.2) is 24.3 Å². The molecule has 3 N–H and O–H groups in total. The van der Waals surface area contributed by atoms with Crippen molar-refractivity contribution < 1.29 is 8.42 Å². The molecule has 6 heteroatoms. The van der Waals surface area contributed by atoms with Crippen LogP contribution in [0.3, 0.4) is 0 Å². The number of aryl methyl sites for hydroxylation is 1. The normalized spacial score (nSPS) is 11.7. The minimum absolute atomic E-state index is 0.0954. The number of nitrogens with one attached hydrogen (secondary N) is 1. The van der Waals surface area contributed by atoms with Crippen LogP contribution in [0.4, 0.5) is 11.4 Å². The highest BCUT2D eigenvalue weighted by atomic mass is 32.2. The average Bonchev–Trinajstić information content (AvgIpc) is 2.28. The van der Waals surface area contributed by atoms with E-state index in [1.54, 1.807) is 6.07 Å². The number of aromatic nitrogens is 1. The molecule has 0 unspecified atom stereocenters. The lowest BCUT2D eigenvalue weighted by molar-refractivity contribution is 0.602. The largest absolute Gasteiger partial charge is 0.399 e. The van der Waals surface area contributed by atoms with Crippen molar-refractivity contribution in [2.75, 3.05) is 29.6 Å². The third kappa shape index (κ3) is 3.57. The molecule has 2 aromatic rings. The summed E-state index contributed by atoms with van der Waals surface area (Å²) in [6.45, 7) is 2.27. The predicted molar refractivity (Wildman–Crippen MR) is 79.1 cm³/mol. The Morgan fingerprint density at radius 1 is 1.32 bits per heavy atom. The zero-order valence-corrected chi connectivity index (χ0v) is 11.8. The first-order valence-electron chi connectivity index (χ1n) is 5.94. The van der Waals surface area contributed by atoms with E-state index in [-0.39, 0.29) is 5.75 Å². The number of benzene rings is 1. The lowest BCUT2D eigenvalue weighted by Crippen LogP contribution is -2.14. The van der Waals surface area contributed by atoms with Gasteiger partial charge in [0.25, 0.3) is 0 Å². The Morgan fingerprint density at radius 3 is 2.74 bits per heavy atom. The van der Waals surface area contributed by atoms with Crippen LogP contribution in [0, 0.1) is 6.92 Å². The standard InChI is InChI=1S/C13H17N3O2S/c1-9-7-13(15-5-6-19(2,17)18)11-8-10(14)3-4-12(11)16-9/h3-4,7-8H,5-6,14H2,1-2H3,(H,15,16). The van der Waals surface area contributed by atoms with Crippen LogP contribution in [0.5, 0.6) is 0 Å². The Morgan fingerprint density at radius 2 is 2.05 bits per heavy atom. The number of nitrogens with two attached hydrogens (primary N) is 1. The third-order valence-electron chi connectivity index (χ3n) is 2.75. The van der Waals surface area contributed by atoms with E-state index in [1.807, 2.05) is 25.1 Å². The van der Waals surface area contributed by atoms with Gasteiger partial charge in [0.2, 0.25) is 0 Å². The second-order valence-corrected chi connectivity index (χ2v) is 6.90. The summed E-state index contributed by atoms with van der Waals surface area (Å²) in [6.07, 6.45) is 1.22. The van der Waals surface area contributed by atoms with Gasteiger partial charge in [-0.1, -0.05) is 0 Å². The van der Waals surface area contributed by atoms with Gasteiger partial charge in [-0.3, -0.25) is 4.98 Å². The maximum Gasteiger partial charge on any atom is 0.149 e. The summed E-state index contributed by atoms with van der Waals surface area (Å²) in [5.41, 5.74) is 9.01. The molecule has 0 amide bonds. The van der Waals surface area contributed by atoms with Crippen molar-refractivity contribution >= 4 is 32.1 Å². The first-order valence-corrected chi connectivity index (χ1v) is 8.00. The predicted octanol–water partition coefficient (Wildman–Crippen LogP) is 1.58. The number of hydrogen-bond acceptors (Lipinski definition) is 5. The average molecular weight is 279 g/mol. The summed E-state index contributed by atoms with van der Waals surface area (Å²) < 4.78 is 22.3. The topological polar surface area (TPSA) is 85.1 Å². The second kappa shape index (κ2) is 5.05. The molecule has 5 nitrogen and oxygen atoms in total. The fraction of sp³-hybridized carbons (Fsp3) is 0.308. The molecule has 0 aliphatic carbocycles. The number of nitrogen functional groups attached to an aromatic ring is 1. The first kappa shape index (κ1) is 13.6. The minimum Gasteiger partial charge on any atom is -0.399 e. The van der Waals surface area contributed by atoms with Crippen LogP contribution in [0.2, 0.25) is 0 Å². The van der Waals surface area contributed by atoms with Crippen LogP contribution < -0.4 is 11.1 Å². The second-order valence-electron chi connectivity index (χ2n) is 4.64. The van der Waals surface area contributed by atoms with Gasteiger partial charge in [-0.05, 0) is 31.2 Å². The van der Waals surface area contributed by atoms with Crippen molar-refractivity contribution in [2.45, 2.75) is 6.92 Å². The van der Waals surface area contributed by atoms with Crippen LogP contribution >= 0.6 is 0 Å². The summed E-state index contributed by atoms with van der Waals surface area (Å²) in [6, 6.07) is 7.39. The van der Waals surface area contributed by atoms with Crippen molar-refractivity contribution in [3.63, 3.8) is 0 Å². The SMILES string of the molecule is Cc1cc(NCCS(C)(=O)=O)c2cc(N)ccc2n1. The van der Waals surface area contributed by atoms with Gasteiger partial charge < -0.3 is 11.1 Å². The number of rotatable bonds is 4. The molecule has 102 valence electrons. The lowest BCUT2D eigenvalue weighted by Gasteiger charge is -2.11. The van der Waals surface area contributed by atoms with Gasteiger partial charge in [-0.15, -0.1) is 0 Å². The highest BCUT2D eigenvalue weighted by Gasteiger charge is 2.06. The molecule has 0 bridgehead atoms.